The number of hydrogen-bond acceptors (Lipinski definition) is 4. The first kappa shape index (κ1) is 23.6. The van der Waals surface area contributed by atoms with Crippen LogP contribution in [0.15, 0.2) is 119 Å². The Morgan fingerprint density at radius 3 is 2.24 bits per heavy atom. The first-order valence-electron chi connectivity index (χ1n) is 12.6. The van der Waals surface area contributed by atoms with Crippen molar-refractivity contribution in [1.82, 2.24) is 0 Å². The Balaban J connectivity index is 1.58. The van der Waals surface area contributed by atoms with E-state index in [9.17, 15) is 4.79 Å². The van der Waals surface area contributed by atoms with Crippen LogP contribution >= 0.6 is 0 Å². The van der Waals surface area contributed by atoms with Gasteiger partial charge in [0, 0.05) is 22.1 Å². The first-order chi connectivity index (χ1) is 18.5. The summed E-state index contributed by atoms with van der Waals surface area (Å²) in [6, 6.07) is 37.2. The zero-order valence-corrected chi connectivity index (χ0v) is 21.6. The van der Waals surface area contributed by atoms with Gasteiger partial charge in [0.2, 0.25) is 0 Å². The van der Waals surface area contributed by atoms with Gasteiger partial charge in [-0.2, -0.15) is 0 Å². The van der Waals surface area contributed by atoms with Gasteiger partial charge < -0.3 is 14.1 Å². The Morgan fingerprint density at radius 1 is 0.711 bits per heavy atom. The highest BCUT2D eigenvalue weighted by Gasteiger charge is 2.20. The molecule has 4 nitrogen and oxygen atoms in total. The molecule has 1 heterocycles. The number of nitrogens with zero attached hydrogens (tertiary/aromatic N) is 1. The molecule has 0 saturated carbocycles. The van der Waals surface area contributed by atoms with Gasteiger partial charge in [0.25, 0.3) is 0 Å². The number of benzene rings is 5. The molecular formula is C34H27NO3. The Morgan fingerprint density at radius 2 is 1.45 bits per heavy atom. The summed E-state index contributed by atoms with van der Waals surface area (Å²) in [4.78, 5) is 14.7. The third-order valence-corrected chi connectivity index (χ3v) is 7.02. The highest BCUT2D eigenvalue weighted by molar-refractivity contribution is 6.20. The molecule has 5 aromatic carbocycles. The Bertz CT molecular complexity index is 1850. The first-order valence-corrected chi connectivity index (χ1v) is 12.6. The second-order valence-corrected chi connectivity index (χ2v) is 9.36. The number of para-hydroxylation sites is 3. The normalized spacial score (nSPS) is 12.1. The number of rotatable bonds is 6. The molecule has 0 aliphatic carbocycles. The summed E-state index contributed by atoms with van der Waals surface area (Å²) in [7, 11) is 1.59. The molecule has 1 aromatic heterocycles. The van der Waals surface area contributed by atoms with Crippen molar-refractivity contribution in [3.63, 3.8) is 0 Å². The lowest BCUT2D eigenvalue weighted by Crippen LogP contribution is -2.10. The van der Waals surface area contributed by atoms with Crippen molar-refractivity contribution in [2.45, 2.75) is 13.8 Å². The zero-order valence-electron chi connectivity index (χ0n) is 21.6. The van der Waals surface area contributed by atoms with Crippen molar-refractivity contribution in [1.29, 1.82) is 0 Å². The van der Waals surface area contributed by atoms with Gasteiger partial charge in [-0.25, -0.2) is 0 Å². The number of anilines is 3. The predicted octanol–water partition coefficient (Wildman–Crippen LogP) is 9.18. The summed E-state index contributed by atoms with van der Waals surface area (Å²) in [5, 5.41) is 4.29. The number of carbonyl (C=O) groups is 1. The average molecular weight is 498 g/mol. The molecule has 0 atom stereocenters. The van der Waals surface area contributed by atoms with Crippen LogP contribution in [0.3, 0.4) is 0 Å². The van der Waals surface area contributed by atoms with Crippen LogP contribution in [0.1, 0.15) is 19.4 Å². The molecule has 6 rings (SSSR count). The van der Waals surface area contributed by atoms with E-state index in [1.807, 2.05) is 55.5 Å². The fourth-order valence-corrected chi connectivity index (χ4v) is 5.20. The highest BCUT2D eigenvalue weighted by Crippen LogP contribution is 2.42. The van der Waals surface area contributed by atoms with E-state index in [-0.39, 0.29) is 5.78 Å². The van der Waals surface area contributed by atoms with Crippen molar-refractivity contribution in [3.05, 3.63) is 121 Å². The standard InChI is InChI=1S/C34H27NO3/c1-22(36)33(23(2)37-3)25-17-16-24-18-19-28(21-26(24)20-25)35(27-10-5-4-6-11-27)31-14-9-13-30-29-12-7-8-15-32(29)38-34(30)31/h4-21H,1-3H3/b33-23+. The van der Waals surface area contributed by atoms with Crippen LogP contribution in [-0.4, -0.2) is 12.9 Å². The molecule has 0 bridgehead atoms. The van der Waals surface area contributed by atoms with Gasteiger partial charge in [-0.05, 0) is 72.6 Å². The molecule has 0 radical (unpaired) electrons. The number of allylic oxidation sites excluding steroid dienone is 2. The molecule has 6 aromatic rings. The quantitative estimate of drug-likeness (QED) is 0.170. The Hall–Kier alpha value is -4.83. The van der Waals surface area contributed by atoms with E-state index in [2.05, 4.69) is 65.6 Å². The largest absolute Gasteiger partial charge is 0.501 e. The Labute approximate surface area is 221 Å². The molecule has 0 aliphatic heterocycles. The van der Waals surface area contributed by atoms with Gasteiger partial charge in [0.05, 0.1) is 18.4 Å². The zero-order chi connectivity index (χ0) is 26.2. The van der Waals surface area contributed by atoms with Gasteiger partial charge in [0.15, 0.2) is 11.4 Å². The SMILES string of the molecule is CO/C(C)=C(\C(C)=O)c1ccc2ccc(N(c3ccccc3)c3cccc4c3oc3ccccc34)cc2c1. The number of fused-ring (bicyclic) bond motifs is 4. The summed E-state index contributed by atoms with van der Waals surface area (Å²) in [5.74, 6) is 0.581. The molecule has 0 fully saturated rings. The van der Waals surface area contributed by atoms with Gasteiger partial charge in [-0.3, -0.25) is 4.79 Å². The van der Waals surface area contributed by atoms with Gasteiger partial charge in [-0.1, -0.05) is 66.7 Å². The summed E-state index contributed by atoms with van der Waals surface area (Å²) < 4.78 is 11.8. The summed E-state index contributed by atoms with van der Waals surface area (Å²) in [6.45, 7) is 3.39. The molecule has 38 heavy (non-hydrogen) atoms. The number of ketones is 1. The van der Waals surface area contributed by atoms with E-state index in [0.717, 1.165) is 55.3 Å². The third kappa shape index (κ3) is 4.00. The van der Waals surface area contributed by atoms with E-state index < -0.39 is 0 Å². The van der Waals surface area contributed by atoms with Gasteiger partial charge >= 0.3 is 0 Å². The van der Waals surface area contributed by atoms with Crippen LogP contribution < -0.4 is 4.90 Å². The van der Waals surface area contributed by atoms with Crippen molar-refractivity contribution in [2.24, 2.45) is 0 Å². The van der Waals surface area contributed by atoms with E-state index >= 15 is 0 Å². The lowest BCUT2D eigenvalue weighted by molar-refractivity contribution is -0.111. The van der Waals surface area contributed by atoms with Crippen molar-refractivity contribution < 1.29 is 13.9 Å². The van der Waals surface area contributed by atoms with Crippen molar-refractivity contribution in [2.75, 3.05) is 12.0 Å². The van der Waals surface area contributed by atoms with Crippen molar-refractivity contribution >= 4 is 61.1 Å². The summed E-state index contributed by atoms with van der Waals surface area (Å²) in [6.07, 6.45) is 0. The Kier molecular flexibility index (Phi) is 5.93. The minimum atomic E-state index is -0.0256. The van der Waals surface area contributed by atoms with Crippen LogP contribution in [-0.2, 0) is 9.53 Å². The van der Waals surface area contributed by atoms with Crippen LogP contribution in [0.2, 0.25) is 0 Å². The van der Waals surface area contributed by atoms with Crippen LogP contribution in [0, 0.1) is 0 Å². The van der Waals surface area contributed by atoms with E-state index in [1.54, 1.807) is 14.0 Å². The van der Waals surface area contributed by atoms with Gasteiger partial charge in [-0.15, -0.1) is 0 Å². The lowest BCUT2D eigenvalue weighted by Gasteiger charge is -2.26. The summed E-state index contributed by atoms with van der Waals surface area (Å²) in [5.41, 5.74) is 6.10. The van der Waals surface area contributed by atoms with E-state index in [1.165, 1.54) is 0 Å². The number of ether oxygens (including phenoxy) is 1. The van der Waals surface area contributed by atoms with Crippen molar-refractivity contribution in [3.8, 4) is 0 Å². The average Bonchev–Trinajstić information content (AvgIpc) is 3.33. The molecule has 0 amide bonds. The maximum atomic E-state index is 12.5. The topological polar surface area (TPSA) is 42.7 Å². The minimum Gasteiger partial charge on any atom is -0.501 e. The summed E-state index contributed by atoms with van der Waals surface area (Å²) >= 11 is 0. The highest BCUT2D eigenvalue weighted by atomic mass is 16.5. The molecule has 0 saturated heterocycles. The number of Topliss-reactive ketones (excluding diaryl/α,β-unsaturated/α-hetero) is 1. The fourth-order valence-electron chi connectivity index (χ4n) is 5.20. The lowest BCUT2D eigenvalue weighted by atomic mass is 9.97. The molecular weight excluding hydrogens is 470 g/mol. The van der Waals surface area contributed by atoms with Crippen LogP contribution in [0.5, 0.6) is 0 Å². The molecule has 0 N–H and O–H groups in total. The maximum Gasteiger partial charge on any atom is 0.163 e. The molecule has 0 aliphatic rings. The number of hydrogen-bond donors (Lipinski definition) is 0. The fraction of sp³-hybridized carbons (Fsp3) is 0.0882. The minimum absolute atomic E-state index is 0.0256. The molecule has 0 spiro atoms. The molecule has 4 heteroatoms. The second kappa shape index (κ2) is 9.56. The molecule has 0 unspecified atom stereocenters. The maximum absolute atomic E-state index is 12.5. The number of carbonyl (C=O) groups excluding carboxylic acids is 1. The van der Waals surface area contributed by atoms with E-state index in [4.69, 9.17) is 9.15 Å². The van der Waals surface area contributed by atoms with Crippen LogP contribution in [0.4, 0.5) is 17.1 Å². The van der Waals surface area contributed by atoms with Gasteiger partial charge in [0.1, 0.15) is 11.3 Å². The monoisotopic (exact) mass is 497 g/mol. The predicted molar refractivity (Wildman–Crippen MR) is 156 cm³/mol. The smallest absolute Gasteiger partial charge is 0.163 e. The second-order valence-electron chi connectivity index (χ2n) is 9.36. The van der Waals surface area contributed by atoms with E-state index in [0.29, 0.717) is 11.3 Å². The molecule has 186 valence electrons. The number of furan rings is 1. The number of methoxy groups -OCH3 is 1. The third-order valence-electron chi connectivity index (χ3n) is 7.02. The van der Waals surface area contributed by atoms with Crippen LogP contribution in [0.25, 0.3) is 38.3 Å².